The van der Waals surface area contributed by atoms with Crippen LogP contribution in [0.15, 0.2) is 48.0 Å². The molecule has 7 heteroatoms. The normalized spacial score (nSPS) is 21.0. The van der Waals surface area contributed by atoms with Crippen molar-refractivity contribution in [1.29, 1.82) is 0 Å². The lowest BCUT2D eigenvalue weighted by molar-refractivity contribution is -0.141. The van der Waals surface area contributed by atoms with Gasteiger partial charge in [0.25, 0.3) is 11.7 Å². The molecule has 4 rings (SSSR count). The van der Waals surface area contributed by atoms with Gasteiger partial charge in [-0.25, -0.2) is 0 Å². The second-order valence-electron chi connectivity index (χ2n) is 7.77. The number of amides is 1. The molecule has 1 atom stereocenters. The van der Waals surface area contributed by atoms with E-state index in [1.807, 2.05) is 0 Å². The Bertz CT molecular complexity index is 1040. The van der Waals surface area contributed by atoms with E-state index >= 15 is 0 Å². The number of ketones is 1. The number of likely N-dealkylation sites (tertiary alicyclic amines) is 1. The van der Waals surface area contributed by atoms with Crippen LogP contribution in [0.4, 0.5) is 0 Å². The van der Waals surface area contributed by atoms with E-state index in [2.05, 4.69) is 0 Å². The van der Waals surface area contributed by atoms with Crippen LogP contribution in [0.5, 0.6) is 11.5 Å². The number of Topliss-reactive ketones (excluding diaryl/α,β-unsaturated/α-hetero) is 1. The van der Waals surface area contributed by atoms with Gasteiger partial charge in [-0.1, -0.05) is 36.6 Å². The number of nitrogens with zero attached hydrogens (tertiary/aromatic N) is 1. The average molecular weight is 442 g/mol. The fraction of sp³-hybridized carbons (Fsp3) is 0.333. The SMILES string of the molecule is COc1ccc(/C(O)=C2/C(=O)C(=O)N(C3CCCC3)C2c2ccc(Cl)cc2)cc1OC. The molecule has 6 nitrogen and oxygen atoms in total. The zero-order chi connectivity index (χ0) is 22.1. The molecule has 1 saturated carbocycles. The van der Waals surface area contributed by atoms with Crippen LogP contribution in [0, 0.1) is 0 Å². The molecule has 1 N–H and O–H groups in total. The monoisotopic (exact) mass is 441 g/mol. The van der Waals surface area contributed by atoms with E-state index in [1.165, 1.54) is 14.2 Å². The van der Waals surface area contributed by atoms with Crippen molar-refractivity contribution in [3.05, 3.63) is 64.2 Å². The van der Waals surface area contributed by atoms with Crippen LogP contribution in [0.1, 0.15) is 42.9 Å². The van der Waals surface area contributed by atoms with Crippen molar-refractivity contribution in [3.63, 3.8) is 0 Å². The summed E-state index contributed by atoms with van der Waals surface area (Å²) in [5.41, 5.74) is 1.19. The lowest BCUT2D eigenvalue weighted by Gasteiger charge is -2.30. The largest absolute Gasteiger partial charge is 0.507 e. The number of carbonyl (C=O) groups excluding carboxylic acids is 2. The van der Waals surface area contributed by atoms with Gasteiger partial charge in [-0.2, -0.15) is 0 Å². The molecule has 0 spiro atoms. The Morgan fingerprint density at radius 1 is 1.00 bits per heavy atom. The van der Waals surface area contributed by atoms with Gasteiger partial charge in [0.2, 0.25) is 0 Å². The number of hydrogen-bond donors (Lipinski definition) is 1. The van der Waals surface area contributed by atoms with Gasteiger partial charge < -0.3 is 19.5 Å². The van der Waals surface area contributed by atoms with Gasteiger partial charge in [-0.15, -0.1) is 0 Å². The third-order valence-corrected chi connectivity index (χ3v) is 6.29. The first kappa shape index (κ1) is 21.2. The highest BCUT2D eigenvalue weighted by Gasteiger charge is 2.49. The van der Waals surface area contributed by atoms with Gasteiger partial charge in [-0.05, 0) is 48.7 Å². The van der Waals surface area contributed by atoms with Gasteiger partial charge in [0, 0.05) is 16.6 Å². The fourth-order valence-electron chi connectivity index (χ4n) is 4.52. The van der Waals surface area contributed by atoms with E-state index in [4.69, 9.17) is 21.1 Å². The Morgan fingerprint density at radius 2 is 1.65 bits per heavy atom. The highest BCUT2D eigenvalue weighted by Crippen LogP contribution is 2.44. The number of benzene rings is 2. The molecule has 2 aromatic carbocycles. The molecule has 1 saturated heterocycles. The van der Waals surface area contributed by atoms with E-state index in [0.29, 0.717) is 22.1 Å². The Kier molecular flexibility index (Phi) is 5.92. The summed E-state index contributed by atoms with van der Waals surface area (Å²) in [5, 5.41) is 11.8. The van der Waals surface area contributed by atoms with Crippen LogP contribution < -0.4 is 9.47 Å². The third kappa shape index (κ3) is 3.76. The van der Waals surface area contributed by atoms with Gasteiger partial charge in [0.1, 0.15) is 5.76 Å². The van der Waals surface area contributed by atoms with Crippen molar-refractivity contribution in [2.24, 2.45) is 0 Å². The molecule has 1 heterocycles. The van der Waals surface area contributed by atoms with Crippen molar-refractivity contribution >= 4 is 29.1 Å². The number of rotatable bonds is 5. The molecule has 2 aromatic rings. The number of hydrogen-bond acceptors (Lipinski definition) is 5. The molecule has 31 heavy (non-hydrogen) atoms. The summed E-state index contributed by atoms with van der Waals surface area (Å²) in [7, 11) is 3.01. The van der Waals surface area contributed by atoms with Crippen LogP contribution in [-0.2, 0) is 9.59 Å². The summed E-state index contributed by atoms with van der Waals surface area (Å²) in [5.74, 6) is -0.577. The molecular formula is C24H24ClNO5. The molecule has 2 fully saturated rings. The summed E-state index contributed by atoms with van der Waals surface area (Å²) in [4.78, 5) is 27.8. The highest BCUT2D eigenvalue weighted by molar-refractivity contribution is 6.46. The van der Waals surface area contributed by atoms with Gasteiger partial charge >= 0.3 is 0 Å². The number of ether oxygens (including phenoxy) is 2. The number of carbonyl (C=O) groups is 2. The number of aliphatic hydroxyl groups is 1. The lowest BCUT2D eigenvalue weighted by Crippen LogP contribution is -2.37. The predicted molar refractivity (Wildman–Crippen MR) is 117 cm³/mol. The summed E-state index contributed by atoms with van der Waals surface area (Å²) in [6.07, 6.45) is 3.70. The van der Waals surface area contributed by atoms with E-state index < -0.39 is 17.7 Å². The maximum atomic E-state index is 13.1. The van der Waals surface area contributed by atoms with Crippen LogP contribution >= 0.6 is 11.6 Å². The number of aliphatic hydroxyl groups excluding tert-OH is 1. The minimum absolute atomic E-state index is 0.0344. The van der Waals surface area contributed by atoms with Crippen molar-refractivity contribution < 1.29 is 24.2 Å². The van der Waals surface area contributed by atoms with E-state index in [1.54, 1.807) is 47.4 Å². The molecule has 1 aliphatic carbocycles. The third-order valence-electron chi connectivity index (χ3n) is 6.04. The molecular weight excluding hydrogens is 418 g/mol. The zero-order valence-corrected chi connectivity index (χ0v) is 18.2. The van der Waals surface area contributed by atoms with Crippen molar-refractivity contribution in [2.45, 2.75) is 37.8 Å². The molecule has 162 valence electrons. The standard InChI is InChI=1S/C24H24ClNO5/c1-30-18-12-9-15(13-19(18)31-2)22(27)20-21(14-7-10-16(25)11-8-14)26(24(29)23(20)28)17-5-3-4-6-17/h7-13,17,21,27H,3-6H2,1-2H3/b22-20-. The number of methoxy groups -OCH3 is 2. The van der Waals surface area contributed by atoms with Gasteiger partial charge in [0.15, 0.2) is 11.5 Å². The maximum Gasteiger partial charge on any atom is 0.295 e. The molecule has 0 bridgehead atoms. The highest BCUT2D eigenvalue weighted by atomic mass is 35.5. The fourth-order valence-corrected chi connectivity index (χ4v) is 4.65. The molecule has 1 unspecified atom stereocenters. The summed E-state index contributed by atoms with van der Waals surface area (Å²) in [6.45, 7) is 0. The summed E-state index contributed by atoms with van der Waals surface area (Å²) < 4.78 is 10.6. The molecule has 0 aromatic heterocycles. The predicted octanol–water partition coefficient (Wildman–Crippen LogP) is 4.72. The van der Waals surface area contributed by atoms with Crippen LogP contribution in [0.2, 0.25) is 5.02 Å². The molecule has 1 aliphatic heterocycles. The van der Waals surface area contributed by atoms with Gasteiger partial charge in [0.05, 0.1) is 25.8 Å². The molecule has 0 radical (unpaired) electrons. The van der Waals surface area contributed by atoms with E-state index in [-0.39, 0.29) is 17.4 Å². The van der Waals surface area contributed by atoms with Crippen molar-refractivity contribution in [3.8, 4) is 11.5 Å². The topological polar surface area (TPSA) is 76.1 Å². The second kappa shape index (κ2) is 8.63. The van der Waals surface area contributed by atoms with E-state index in [0.717, 1.165) is 31.2 Å². The lowest BCUT2D eigenvalue weighted by atomic mass is 9.94. The minimum Gasteiger partial charge on any atom is -0.507 e. The average Bonchev–Trinajstić information content (AvgIpc) is 3.40. The van der Waals surface area contributed by atoms with Crippen LogP contribution in [0.3, 0.4) is 0 Å². The Hall–Kier alpha value is -2.99. The van der Waals surface area contributed by atoms with Crippen molar-refractivity contribution in [1.82, 2.24) is 4.90 Å². The zero-order valence-electron chi connectivity index (χ0n) is 17.4. The Balaban J connectivity index is 1.88. The first-order valence-corrected chi connectivity index (χ1v) is 10.6. The molecule has 2 aliphatic rings. The Morgan fingerprint density at radius 3 is 2.26 bits per heavy atom. The second-order valence-corrected chi connectivity index (χ2v) is 8.20. The van der Waals surface area contributed by atoms with Crippen LogP contribution in [0.25, 0.3) is 5.76 Å². The quantitative estimate of drug-likeness (QED) is 0.412. The molecule has 1 amide bonds. The van der Waals surface area contributed by atoms with Crippen LogP contribution in [-0.4, -0.2) is 42.0 Å². The van der Waals surface area contributed by atoms with E-state index in [9.17, 15) is 14.7 Å². The van der Waals surface area contributed by atoms with Crippen molar-refractivity contribution in [2.75, 3.05) is 14.2 Å². The summed E-state index contributed by atoms with van der Waals surface area (Å²) in [6, 6.07) is 11.2. The first-order chi connectivity index (χ1) is 15.0. The Labute approximate surface area is 186 Å². The number of halogens is 1. The minimum atomic E-state index is -0.681. The first-order valence-electron chi connectivity index (χ1n) is 10.2. The van der Waals surface area contributed by atoms with Gasteiger partial charge in [-0.3, -0.25) is 9.59 Å². The summed E-state index contributed by atoms with van der Waals surface area (Å²) >= 11 is 6.06. The maximum absolute atomic E-state index is 13.1. The smallest absolute Gasteiger partial charge is 0.295 e.